The maximum Gasteiger partial charge on any atom is 0.471 e. The minimum absolute atomic E-state index is 0.0303. The minimum atomic E-state index is -5.14. The molecule has 2 rings (SSSR count). The van der Waals surface area contributed by atoms with Gasteiger partial charge in [0.05, 0.1) is 6.54 Å². The largest absolute Gasteiger partial charge is 0.479 e. The summed E-state index contributed by atoms with van der Waals surface area (Å²) in [6.45, 7) is -1.52. The molecular weight excluding hydrogens is 286 g/mol. The molecule has 2 aliphatic heterocycles. The van der Waals surface area contributed by atoms with Gasteiger partial charge in [0.1, 0.15) is 0 Å². The summed E-state index contributed by atoms with van der Waals surface area (Å²) in [5.74, 6) is -4.04. The summed E-state index contributed by atoms with van der Waals surface area (Å²) >= 11 is 0. The Morgan fingerprint density at radius 3 is 2.15 bits per heavy atom. The van der Waals surface area contributed by atoms with E-state index in [0.29, 0.717) is 0 Å². The van der Waals surface area contributed by atoms with Crippen LogP contribution in [-0.2, 0) is 14.3 Å². The number of likely N-dealkylation sites (tertiary alicyclic amines) is 1. The molecule has 2 saturated heterocycles. The fourth-order valence-electron chi connectivity index (χ4n) is 2.91. The first-order valence-electron chi connectivity index (χ1n) is 5.99. The SMILES string of the molecule is O=C(N1CC2(CCOCC2)C(F)(C(=O)O)C1)C(F)(F)F. The van der Waals surface area contributed by atoms with Gasteiger partial charge in [-0.05, 0) is 12.8 Å². The van der Waals surface area contributed by atoms with Crippen LogP contribution in [0, 0.1) is 5.41 Å². The van der Waals surface area contributed by atoms with E-state index in [1.165, 1.54) is 0 Å². The Bertz CT molecular complexity index is 433. The van der Waals surface area contributed by atoms with Gasteiger partial charge in [-0.3, -0.25) is 4.79 Å². The van der Waals surface area contributed by atoms with Crippen LogP contribution in [0.4, 0.5) is 17.6 Å². The number of carbonyl (C=O) groups is 2. The fourth-order valence-corrected chi connectivity index (χ4v) is 2.91. The van der Waals surface area contributed by atoms with Crippen molar-refractivity contribution in [3.8, 4) is 0 Å². The third kappa shape index (κ3) is 2.13. The molecule has 2 aliphatic rings. The quantitative estimate of drug-likeness (QED) is 0.733. The topological polar surface area (TPSA) is 66.8 Å². The van der Waals surface area contributed by atoms with Gasteiger partial charge in [-0.25, -0.2) is 9.18 Å². The average molecular weight is 299 g/mol. The van der Waals surface area contributed by atoms with Gasteiger partial charge in [0.15, 0.2) is 0 Å². The lowest BCUT2D eigenvalue weighted by atomic mass is 9.70. The first-order valence-corrected chi connectivity index (χ1v) is 5.99. The van der Waals surface area contributed by atoms with Crippen LogP contribution in [0.1, 0.15) is 12.8 Å². The Kier molecular flexibility index (Phi) is 3.43. The van der Waals surface area contributed by atoms with Crippen molar-refractivity contribution in [2.24, 2.45) is 5.41 Å². The molecule has 1 unspecified atom stereocenters. The van der Waals surface area contributed by atoms with Crippen LogP contribution in [0.2, 0.25) is 0 Å². The van der Waals surface area contributed by atoms with E-state index < -0.39 is 42.2 Å². The zero-order chi connectivity index (χ0) is 15.2. The van der Waals surface area contributed by atoms with Crippen molar-refractivity contribution in [2.45, 2.75) is 24.7 Å². The number of carboxylic acid groups (broad SMARTS) is 1. The molecule has 0 bridgehead atoms. The van der Waals surface area contributed by atoms with Gasteiger partial charge in [0, 0.05) is 25.2 Å². The van der Waals surface area contributed by atoms with E-state index in [4.69, 9.17) is 9.84 Å². The van der Waals surface area contributed by atoms with Crippen molar-refractivity contribution in [1.82, 2.24) is 4.90 Å². The number of rotatable bonds is 1. The molecule has 1 N–H and O–H groups in total. The summed E-state index contributed by atoms with van der Waals surface area (Å²) in [7, 11) is 0. The molecule has 0 aromatic carbocycles. The Morgan fingerprint density at radius 1 is 1.15 bits per heavy atom. The second-order valence-corrected chi connectivity index (χ2v) is 5.16. The molecule has 0 aromatic rings. The monoisotopic (exact) mass is 299 g/mol. The number of nitrogens with zero attached hydrogens (tertiary/aromatic N) is 1. The highest BCUT2D eigenvalue weighted by Gasteiger charge is 2.66. The Labute approximate surface area is 111 Å². The number of amides is 1. The number of hydrogen-bond donors (Lipinski definition) is 1. The molecule has 0 radical (unpaired) electrons. The van der Waals surface area contributed by atoms with Crippen LogP contribution in [0.25, 0.3) is 0 Å². The lowest BCUT2D eigenvalue weighted by Crippen LogP contribution is -2.52. The molecule has 1 spiro atoms. The van der Waals surface area contributed by atoms with Gasteiger partial charge in [-0.15, -0.1) is 0 Å². The molecule has 20 heavy (non-hydrogen) atoms. The number of alkyl halides is 4. The predicted octanol–water partition coefficient (Wildman–Crippen LogP) is 0.981. The zero-order valence-electron chi connectivity index (χ0n) is 10.4. The average Bonchev–Trinajstić information content (AvgIpc) is 2.63. The Morgan fingerprint density at radius 2 is 1.70 bits per heavy atom. The van der Waals surface area contributed by atoms with E-state index in [1.54, 1.807) is 0 Å². The minimum Gasteiger partial charge on any atom is -0.479 e. The Hall–Kier alpha value is -1.38. The smallest absolute Gasteiger partial charge is 0.471 e. The molecule has 0 aromatic heterocycles. The fraction of sp³-hybridized carbons (Fsp3) is 0.818. The van der Waals surface area contributed by atoms with Gasteiger partial charge >= 0.3 is 18.1 Å². The highest BCUT2D eigenvalue weighted by Crippen LogP contribution is 2.50. The lowest BCUT2D eigenvalue weighted by molar-refractivity contribution is -0.185. The number of carbonyl (C=O) groups excluding carboxylic acids is 1. The van der Waals surface area contributed by atoms with Crippen molar-refractivity contribution >= 4 is 11.9 Å². The van der Waals surface area contributed by atoms with Gasteiger partial charge in [0.25, 0.3) is 0 Å². The molecule has 2 heterocycles. The van der Waals surface area contributed by atoms with Crippen molar-refractivity contribution in [3.05, 3.63) is 0 Å². The molecule has 1 atom stereocenters. The third-order valence-corrected chi connectivity index (χ3v) is 4.06. The molecular formula is C11H13F4NO4. The van der Waals surface area contributed by atoms with E-state index in [2.05, 4.69) is 0 Å². The summed E-state index contributed by atoms with van der Waals surface area (Å²) < 4.78 is 57.0. The predicted molar refractivity (Wildman–Crippen MR) is 56.6 cm³/mol. The molecule has 9 heteroatoms. The maximum absolute atomic E-state index is 14.8. The highest BCUT2D eigenvalue weighted by atomic mass is 19.4. The van der Waals surface area contributed by atoms with Crippen LogP contribution in [0.15, 0.2) is 0 Å². The lowest BCUT2D eigenvalue weighted by Gasteiger charge is -2.39. The summed E-state index contributed by atoms with van der Waals surface area (Å²) in [6.07, 6.45) is -5.20. The first-order chi connectivity index (χ1) is 9.12. The van der Waals surface area contributed by atoms with Gasteiger partial charge in [-0.1, -0.05) is 0 Å². The van der Waals surface area contributed by atoms with E-state index in [-0.39, 0.29) is 31.0 Å². The third-order valence-electron chi connectivity index (χ3n) is 4.06. The van der Waals surface area contributed by atoms with Crippen molar-refractivity contribution in [1.29, 1.82) is 0 Å². The summed E-state index contributed by atoms with van der Waals surface area (Å²) in [5, 5.41) is 9.06. The second kappa shape index (κ2) is 4.57. The number of ether oxygens (including phenoxy) is 1. The van der Waals surface area contributed by atoms with Gasteiger partial charge in [-0.2, -0.15) is 13.2 Å². The number of carboxylic acids is 1. The molecule has 0 aliphatic carbocycles. The zero-order valence-corrected chi connectivity index (χ0v) is 10.4. The van der Waals surface area contributed by atoms with E-state index in [9.17, 15) is 27.2 Å². The van der Waals surface area contributed by atoms with Crippen molar-refractivity contribution in [2.75, 3.05) is 26.3 Å². The maximum atomic E-state index is 14.8. The van der Waals surface area contributed by atoms with Crippen LogP contribution in [0.5, 0.6) is 0 Å². The molecule has 1 amide bonds. The standard InChI is InChI=1S/C11H13F4NO4/c12-10(8(18)19)6-16(7(17)11(13,14)15)5-9(10)1-3-20-4-2-9/h1-6H2,(H,18,19). The first kappa shape index (κ1) is 15.0. The molecule has 114 valence electrons. The van der Waals surface area contributed by atoms with E-state index in [1.807, 2.05) is 0 Å². The molecule has 5 nitrogen and oxygen atoms in total. The van der Waals surface area contributed by atoms with E-state index >= 15 is 0 Å². The second-order valence-electron chi connectivity index (χ2n) is 5.16. The summed E-state index contributed by atoms with van der Waals surface area (Å²) in [5.41, 5.74) is -4.39. The molecule has 0 saturated carbocycles. The number of aliphatic carboxylic acids is 1. The van der Waals surface area contributed by atoms with Crippen molar-refractivity contribution < 1.29 is 37.0 Å². The van der Waals surface area contributed by atoms with Crippen molar-refractivity contribution in [3.63, 3.8) is 0 Å². The highest BCUT2D eigenvalue weighted by molar-refractivity contribution is 5.86. The van der Waals surface area contributed by atoms with Crippen LogP contribution in [0.3, 0.4) is 0 Å². The van der Waals surface area contributed by atoms with Crippen LogP contribution < -0.4 is 0 Å². The summed E-state index contributed by atoms with van der Waals surface area (Å²) in [6, 6.07) is 0. The summed E-state index contributed by atoms with van der Waals surface area (Å²) in [4.78, 5) is 22.6. The van der Waals surface area contributed by atoms with Crippen LogP contribution in [-0.4, -0.2) is 60.0 Å². The molecule has 2 fully saturated rings. The van der Waals surface area contributed by atoms with E-state index in [0.717, 1.165) is 0 Å². The number of hydrogen-bond acceptors (Lipinski definition) is 3. The normalized spacial score (nSPS) is 29.7. The van der Waals surface area contributed by atoms with Crippen LogP contribution >= 0.6 is 0 Å². The van der Waals surface area contributed by atoms with Gasteiger partial charge in [0.2, 0.25) is 5.67 Å². The number of halogens is 4. The van der Waals surface area contributed by atoms with Gasteiger partial charge < -0.3 is 14.7 Å². The Balaban J connectivity index is 2.32.